The lowest BCUT2D eigenvalue weighted by atomic mass is 9.77. The highest BCUT2D eigenvalue weighted by Gasteiger charge is 2.38. The van der Waals surface area contributed by atoms with Crippen molar-refractivity contribution in [2.75, 3.05) is 0 Å². The first kappa shape index (κ1) is 25.7. The molecule has 1 amide bonds. The quantitative estimate of drug-likeness (QED) is 0.189. The molecule has 0 saturated carbocycles. The Balaban J connectivity index is 1.59. The third-order valence-corrected chi connectivity index (χ3v) is 7.03. The van der Waals surface area contributed by atoms with E-state index >= 15 is 0 Å². The number of carboxylic acids is 1. The van der Waals surface area contributed by atoms with Gasteiger partial charge in [-0.2, -0.15) is 0 Å². The molecule has 0 spiro atoms. The van der Waals surface area contributed by atoms with Crippen LogP contribution < -0.4 is 0 Å². The molecule has 0 aliphatic heterocycles. The van der Waals surface area contributed by atoms with E-state index in [0.717, 1.165) is 22.3 Å². The SMILES string of the molecule is O=CN(Cc1ccccc1)C(Cc1cn(C(c2ccccc2)(c2ccccc2)c2ccccc2)cn1)C(=O)O. The zero-order chi connectivity index (χ0) is 27.1. The number of carbonyl (C=O) groups excluding carboxylic acids is 1. The molecule has 194 valence electrons. The van der Waals surface area contributed by atoms with Crippen LogP contribution in [0.3, 0.4) is 0 Å². The standard InChI is InChI=1S/C33H29N3O3/c37-25-35(22-26-13-5-1-6-14-26)31(32(38)39)21-30-23-36(24-34-30)33(27-15-7-2-8-16-27,28-17-9-3-10-18-28)29-19-11-4-12-20-29/h1-20,23-25,31H,21-22H2,(H,38,39). The third-order valence-electron chi connectivity index (χ3n) is 7.03. The minimum atomic E-state index is -1.08. The van der Waals surface area contributed by atoms with Crippen molar-refractivity contribution in [1.82, 2.24) is 14.5 Å². The van der Waals surface area contributed by atoms with Crippen LogP contribution in [0.15, 0.2) is 134 Å². The molecule has 1 N–H and O–H groups in total. The molecule has 0 radical (unpaired) electrons. The fourth-order valence-electron chi connectivity index (χ4n) is 5.20. The summed E-state index contributed by atoms with van der Waals surface area (Å²) < 4.78 is 2.05. The molecule has 1 heterocycles. The van der Waals surface area contributed by atoms with Crippen LogP contribution in [-0.4, -0.2) is 38.0 Å². The van der Waals surface area contributed by atoms with Crippen LogP contribution in [-0.2, 0) is 28.1 Å². The van der Waals surface area contributed by atoms with Gasteiger partial charge in [-0.15, -0.1) is 0 Å². The van der Waals surface area contributed by atoms with Gasteiger partial charge in [0, 0.05) is 19.2 Å². The molecule has 6 nitrogen and oxygen atoms in total. The van der Waals surface area contributed by atoms with Crippen LogP contribution in [0.5, 0.6) is 0 Å². The fraction of sp³-hybridized carbons (Fsp3) is 0.121. The maximum absolute atomic E-state index is 12.3. The Hall–Kier alpha value is -4.97. The first-order valence-electron chi connectivity index (χ1n) is 12.8. The van der Waals surface area contributed by atoms with Crippen molar-refractivity contribution in [3.63, 3.8) is 0 Å². The summed E-state index contributed by atoms with van der Waals surface area (Å²) in [6.45, 7) is 0.198. The Morgan fingerprint density at radius 2 is 1.26 bits per heavy atom. The number of amides is 1. The van der Waals surface area contributed by atoms with Crippen molar-refractivity contribution in [2.24, 2.45) is 0 Å². The average Bonchev–Trinajstić information content (AvgIpc) is 3.46. The second-order valence-corrected chi connectivity index (χ2v) is 9.40. The lowest BCUT2D eigenvalue weighted by Gasteiger charge is -2.37. The van der Waals surface area contributed by atoms with Crippen LogP contribution >= 0.6 is 0 Å². The van der Waals surface area contributed by atoms with Crippen LogP contribution in [0.4, 0.5) is 0 Å². The summed E-state index contributed by atoms with van der Waals surface area (Å²) in [5.41, 5.74) is 3.81. The van der Waals surface area contributed by atoms with E-state index in [4.69, 9.17) is 0 Å². The highest BCUT2D eigenvalue weighted by molar-refractivity contribution is 5.76. The number of aromatic nitrogens is 2. The van der Waals surface area contributed by atoms with Crippen molar-refractivity contribution in [3.05, 3.63) is 162 Å². The fourth-order valence-corrected chi connectivity index (χ4v) is 5.20. The highest BCUT2D eigenvalue weighted by Crippen LogP contribution is 2.40. The number of benzene rings is 4. The topological polar surface area (TPSA) is 75.4 Å². The molecule has 1 aromatic heterocycles. The molecule has 6 heteroatoms. The molecule has 0 fully saturated rings. The Morgan fingerprint density at radius 3 is 1.69 bits per heavy atom. The van der Waals surface area contributed by atoms with E-state index in [2.05, 4.69) is 41.4 Å². The molecule has 5 rings (SSSR count). The van der Waals surface area contributed by atoms with Crippen LogP contribution in [0.1, 0.15) is 27.9 Å². The van der Waals surface area contributed by atoms with Crippen molar-refractivity contribution < 1.29 is 14.7 Å². The predicted molar refractivity (Wildman–Crippen MR) is 150 cm³/mol. The smallest absolute Gasteiger partial charge is 0.326 e. The lowest BCUT2D eigenvalue weighted by molar-refractivity contribution is -0.146. The number of carbonyl (C=O) groups is 2. The zero-order valence-corrected chi connectivity index (χ0v) is 21.4. The van der Waals surface area contributed by atoms with Gasteiger partial charge >= 0.3 is 5.97 Å². The van der Waals surface area contributed by atoms with Gasteiger partial charge in [0.1, 0.15) is 11.6 Å². The number of hydrogen-bond acceptors (Lipinski definition) is 3. The average molecular weight is 516 g/mol. The number of aliphatic carboxylic acids is 1. The van der Waals surface area contributed by atoms with Gasteiger partial charge < -0.3 is 14.6 Å². The summed E-state index contributed by atoms with van der Waals surface area (Å²) in [7, 11) is 0. The van der Waals surface area contributed by atoms with Gasteiger partial charge in [0.2, 0.25) is 6.41 Å². The molecule has 0 aliphatic carbocycles. The molecular formula is C33H29N3O3. The molecule has 1 unspecified atom stereocenters. The summed E-state index contributed by atoms with van der Waals surface area (Å²) in [5, 5.41) is 10.1. The summed E-state index contributed by atoms with van der Waals surface area (Å²) >= 11 is 0. The Morgan fingerprint density at radius 1 is 0.795 bits per heavy atom. The molecular weight excluding hydrogens is 486 g/mol. The van der Waals surface area contributed by atoms with E-state index in [0.29, 0.717) is 12.1 Å². The van der Waals surface area contributed by atoms with Gasteiger partial charge in [-0.05, 0) is 22.3 Å². The summed E-state index contributed by atoms with van der Waals surface area (Å²) in [4.78, 5) is 30.3. The number of imidazole rings is 1. The van der Waals surface area contributed by atoms with E-state index in [9.17, 15) is 14.7 Å². The Kier molecular flexibility index (Phi) is 7.64. The molecule has 5 aromatic rings. The minimum Gasteiger partial charge on any atom is -0.480 e. The largest absolute Gasteiger partial charge is 0.480 e. The molecule has 1 atom stereocenters. The van der Waals surface area contributed by atoms with Crippen LogP contribution in [0, 0.1) is 0 Å². The molecule has 0 bridgehead atoms. The number of hydrogen-bond donors (Lipinski definition) is 1. The normalized spacial score (nSPS) is 12.0. The monoisotopic (exact) mass is 515 g/mol. The zero-order valence-electron chi connectivity index (χ0n) is 21.4. The van der Waals surface area contributed by atoms with Crippen LogP contribution in [0.2, 0.25) is 0 Å². The van der Waals surface area contributed by atoms with Crippen molar-refractivity contribution in [2.45, 2.75) is 24.5 Å². The summed E-state index contributed by atoms with van der Waals surface area (Å²) in [5.74, 6) is -1.08. The van der Waals surface area contributed by atoms with E-state index < -0.39 is 17.6 Å². The van der Waals surface area contributed by atoms with E-state index in [1.807, 2.05) is 95.7 Å². The second-order valence-electron chi connectivity index (χ2n) is 9.40. The maximum atomic E-state index is 12.3. The Bertz CT molecular complexity index is 1410. The molecule has 0 saturated heterocycles. The molecule has 0 aliphatic rings. The van der Waals surface area contributed by atoms with Crippen molar-refractivity contribution in [1.29, 1.82) is 0 Å². The van der Waals surface area contributed by atoms with Gasteiger partial charge in [-0.3, -0.25) is 4.79 Å². The van der Waals surface area contributed by atoms with Gasteiger partial charge in [-0.25, -0.2) is 9.78 Å². The van der Waals surface area contributed by atoms with Gasteiger partial charge in [0.25, 0.3) is 0 Å². The van der Waals surface area contributed by atoms with Crippen molar-refractivity contribution in [3.8, 4) is 0 Å². The van der Waals surface area contributed by atoms with Gasteiger partial charge in [0.05, 0.1) is 12.0 Å². The van der Waals surface area contributed by atoms with E-state index in [1.54, 1.807) is 6.33 Å². The van der Waals surface area contributed by atoms with E-state index in [-0.39, 0.29) is 13.0 Å². The van der Waals surface area contributed by atoms with Gasteiger partial charge in [-0.1, -0.05) is 121 Å². The van der Waals surface area contributed by atoms with Gasteiger partial charge in [0.15, 0.2) is 0 Å². The number of nitrogens with zero attached hydrogens (tertiary/aromatic N) is 3. The second kappa shape index (κ2) is 11.6. The molecule has 4 aromatic carbocycles. The highest BCUT2D eigenvalue weighted by atomic mass is 16.4. The van der Waals surface area contributed by atoms with Crippen LogP contribution in [0.25, 0.3) is 0 Å². The Labute approximate surface area is 227 Å². The van der Waals surface area contributed by atoms with E-state index in [1.165, 1.54) is 4.90 Å². The number of carboxylic acid groups (broad SMARTS) is 1. The molecule has 39 heavy (non-hydrogen) atoms. The lowest BCUT2D eigenvalue weighted by Crippen LogP contribution is -2.41. The first-order chi connectivity index (χ1) is 19.1. The summed E-state index contributed by atoms with van der Waals surface area (Å²) in [6, 6.07) is 38.9. The predicted octanol–water partition coefficient (Wildman–Crippen LogP) is 5.38. The first-order valence-corrected chi connectivity index (χ1v) is 12.8. The minimum absolute atomic E-state index is 0.0718. The summed E-state index contributed by atoms with van der Waals surface area (Å²) in [6.07, 6.45) is 4.32. The third kappa shape index (κ3) is 5.22. The van der Waals surface area contributed by atoms with Crippen molar-refractivity contribution >= 4 is 12.4 Å². The number of rotatable bonds is 11. The maximum Gasteiger partial charge on any atom is 0.326 e.